The molecular weight excluding hydrogens is 993 g/mol. The zero-order valence-electron chi connectivity index (χ0n) is 46.0. The van der Waals surface area contributed by atoms with E-state index < -0.39 is 0 Å². The molecule has 386 valence electrons. The molecule has 4 aromatic heterocycles. The van der Waals surface area contributed by atoms with Crippen LogP contribution in [0.3, 0.4) is 0 Å². The first kappa shape index (κ1) is 45.7. The van der Waals surface area contributed by atoms with Crippen LogP contribution in [0.1, 0.15) is 49.9 Å². The molecule has 0 atom stereocenters. The number of benzene rings is 12. The zero-order valence-corrected chi connectivity index (χ0v) is 46.0. The van der Waals surface area contributed by atoms with Crippen molar-refractivity contribution >= 4 is 87.2 Å². The van der Waals surface area contributed by atoms with Gasteiger partial charge in [0, 0.05) is 71.0 Å². The molecule has 0 saturated carbocycles. The Bertz CT molecular complexity index is 5430. The fourth-order valence-electron chi connectivity index (χ4n) is 15.2. The van der Waals surface area contributed by atoms with Crippen LogP contribution in [-0.2, 0) is 10.8 Å². The topological polar surface area (TPSA) is 19.7 Å². The molecule has 0 radical (unpaired) electrons. The highest BCUT2D eigenvalue weighted by Gasteiger charge is 2.39. The Hall–Kier alpha value is -10.2. The highest BCUT2D eigenvalue weighted by atomic mass is 15.0. The predicted octanol–water partition coefficient (Wildman–Crippen LogP) is 20.4. The van der Waals surface area contributed by atoms with E-state index in [1.54, 1.807) is 0 Å². The summed E-state index contributed by atoms with van der Waals surface area (Å²) >= 11 is 0. The molecule has 5 heterocycles. The average molecular weight is 1050 g/mol. The molecule has 0 unspecified atom stereocenters. The Morgan fingerprint density at radius 1 is 0.232 bits per heavy atom. The van der Waals surface area contributed by atoms with Crippen LogP contribution in [0.4, 0.5) is 0 Å². The number of fused-ring (bicyclic) bond motifs is 17. The molecule has 12 aromatic carbocycles. The average Bonchev–Trinajstić information content (AvgIpc) is 2.14. The van der Waals surface area contributed by atoms with E-state index in [0.717, 1.165) is 5.69 Å². The van der Waals surface area contributed by atoms with Gasteiger partial charge < -0.3 is 18.3 Å². The van der Waals surface area contributed by atoms with Gasteiger partial charge in [0.1, 0.15) is 0 Å². The van der Waals surface area contributed by atoms with Crippen molar-refractivity contribution in [3.63, 3.8) is 0 Å². The Balaban J connectivity index is 0.726. The van der Waals surface area contributed by atoms with E-state index in [9.17, 15) is 0 Å². The van der Waals surface area contributed by atoms with Gasteiger partial charge in [0.15, 0.2) is 0 Å². The minimum atomic E-state index is -0.238. The highest BCUT2D eigenvalue weighted by molar-refractivity contribution is 6.16. The maximum Gasteiger partial charge on any atom is 0.0582 e. The Morgan fingerprint density at radius 2 is 0.622 bits per heavy atom. The summed E-state index contributed by atoms with van der Waals surface area (Å²) < 4.78 is 9.87. The molecule has 0 N–H and O–H groups in total. The summed E-state index contributed by atoms with van der Waals surface area (Å²) in [4.78, 5) is 0. The van der Waals surface area contributed by atoms with Crippen molar-refractivity contribution in [2.24, 2.45) is 0 Å². The first-order valence-corrected chi connectivity index (χ1v) is 28.8. The third kappa shape index (κ3) is 6.05. The summed E-state index contributed by atoms with van der Waals surface area (Å²) in [5.41, 5.74) is 27.2. The van der Waals surface area contributed by atoms with Crippen LogP contribution in [0.5, 0.6) is 0 Å². The van der Waals surface area contributed by atoms with Crippen molar-refractivity contribution in [1.29, 1.82) is 0 Å². The molecule has 1 aliphatic heterocycles. The second kappa shape index (κ2) is 16.2. The molecule has 82 heavy (non-hydrogen) atoms. The number of rotatable bonds is 5. The summed E-state index contributed by atoms with van der Waals surface area (Å²) in [5.74, 6) is 0. The van der Waals surface area contributed by atoms with Crippen molar-refractivity contribution in [3.8, 4) is 56.1 Å². The lowest BCUT2D eigenvalue weighted by Gasteiger charge is -2.35. The van der Waals surface area contributed by atoms with Crippen LogP contribution in [0.15, 0.2) is 255 Å². The van der Waals surface area contributed by atoms with Crippen LogP contribution in [-0.4, -0.2) is 18.3 Å². The maximum absolute atomic E-state index is 2.54. The number of hydrogen-bond acceptors (Lipinski definition) is 0. The van der Waals surface area contributed by atoms with Crippen molar-refractivity contribution in [2.75, 3.05) is 0 Å². The summed E-state index contributed by atoms with van der Waals surface area (Å²) in [6, 6.07) is 95.6. The van der Waals surface area contributed by atoms with E-state index in [2.05, 4.69) is 301 Å². The Kier molecular flexibility index (Phi) is 9.05. The fraction of sp³-hybridized carbons (Fsp3) is 0.0769. The van der Waals surface area contributed by atoms with E-state index >= 15 is 0 Å². The van der Waals surface area contributed by atoms with E-state index in [0.29, 0.717) is 0 Å². The quantitative estimate of drug-likeness (QED) is 0.164. The van der Waals surface area contributed by atoms with Crippen molar-refractivity contribution in [3.05, 3.63) is 277 Å². The second-order valence-electron chi connectivity index (χ2n) is 24.1. The van der Waals surface area contributed by atoms with Gasteiger partial charge in [0.25, 0.3) is 0 Å². The number of aromatic nitrogens is 4. The van der Waals surface area contributed by atoms with Gasteiger partial charge in [-0.25, -0.2) is 0 Å². The molecule has 16 aromatic rings. The van der Waals surface area contributed by atoms with E-state index in [4.69, 9.17) is 0 Å². The third-order valence-electron chi connectivity index (χ3n) is 19.1. The van der Waals surface area contributed by atoms with E-state index in [1.165, 1.54) is 160 Å². The van der Waals surface area contributed by atoms with Crippen molar-refractivity contribution < 1.29 is 0 Å². The summed E-state index contributed by atoms with van der Waals surface area (Å²) in [6.07, 6.45) is 0. The smallest absolute Gasteiger partial charge is 0.0582 e. The monoisotopic (exact) mass is 1050 g/mol. The molecule has 0 saturated heterocycles. The fourth-order valence-corrected chi connectivity index (χ4v) is 15.2. The van der Waals surface area contributed by atoms with Crippen molar-refractivity contribution in [1.82, 2.24) is 18.3 Å². The lowest BCUT2D eigenvalue weighted by molar-refractivity contribution is 0.630. The molecule has 4 nitrogen and oxygen atoms in total. The molecule has 0 bridgehead atoms. The normalized spacial score (nSPS) is 14.0. The summed E-state index contributed by atoms with van der Waals surface area (Å²) in [7, 11) is 0. The van der Waals surface area contributed by atoms with Crippen LogP contribution >= 0.6 is 0 Å². The molecule has 2 aliphatic rings. The first-order valence-electron chi connectivity index (χ1n) is 28.8. The molecule has 4 heteroatoms. The molecular formula is C78H54N4. The van der Waals surface area contributed by atoms with Crippen molar-refractivity contribution in [2.45, 2.75) is 38.5 Å². The molecule has 18 rings (SSSR count). The van der Waals surface area contributed by atoms with Gasteiger partial charge in [-0.3, -0.25) is 0 Å². The van der Waals surface area contributed by atoms with E-state index in [1.807, 2.05) is 0 Å². The largest absolute Gasteiger partial charge is 0.309 e. The van der Waals surface area contributed by atoms with Crippen LogP contribution in [0, 0.1) is 0 Å². The molecule has 0 fully saturated rings. The van der Waals surface area contributed by atoms with Gasteiger partial charge in [-0.1, -0.05) is 167 Å². The Labute approximate surface area is 474 Å². The minimum Gasteiger partial charge on any atom is -0.309 e. The molecule has 0 amide bonds. The number of hydrogen-bond donors (Lipinski definition) is 0. The first-order chi connectivity index (χ1) is 40.2. The standard InChI is InChI=1S/C78H54N4/c1-77(2)64-26-17-25-57-61-41-49(48-32-37-71-60(40-48)54-22-11-14-27-68(54)79(71)51-18-7-5-8-19-51)33-38-72(61)82(76(57)64)73-39-34-50(42-67(73)77)47-30-35-53(36-31-47)81-70-29-16-13-24-56(70)63-44-59-58-43-62-55-23-12-15-28-69(55)80(52-20-9-6-10-21-52)74(62)45-65(58)78(3,4)66(59)46-75(63)81/h5-46H,1-4H3. The summed E-state index contributed by atoms with van der Waals surface area (Å²) in [5, 5.41) is 10.2. The predicted molar refractivity (Wildman–Crippen MR) is 344 cm³/mol. The second-order valence-corrected chi connectivity index (χ2v) is 24.1. The Morgan fingerprint density at radius 3 is 1.17 bits per heavy atom. The van der Waals surface area contributed by atoms with E-state index in [-0.39, 0.29) is 10.8 Å². The molecule has 0 spiro atoms. The minimum absolute atomic E-state index is 0.221. The number of nitrogens with zero attached hydrogens (tertiary/aromatic N) is 4. The SMILES string of the molecule is CC1(C)c2cc3c(cc2-c2cc4c5ccccc5n(-c5ccc(-c6ccc7c(c6)C(C)(C)c6cccc8c9cc(-c%10ccc%11c(c%10)c%10ccccc%10n%11-c%10ccccc%10)ccc9n-7c68)cc5)c4cc21)c1ccccc1n3-c1ccccc1. The van der Waals surface area contributed by atoms with Gasteiger partial charge in [-0.2, -0.15) is 0 Å². The van der Waals surface area contributed by atoms with Gasteiger partial charge in [0.05, 0.1) is 49.8 Å². The maximum atomic E-state index is 2.54. The number of para-hydroxylation sites is 6. The van der Waals surface area contributed by atoms with Crippen LogP contribution in [0.25, 0.3) is 143 Å². The lowest BCUT2D eigenvalue weighted by atomic mass is 9.74. The van der Waals surface area contributed by atoms with Gasteiger partial charge in [-0.05, 0) is 171 Å². The van der Waals surface area contributed by atoms with Gasteiger partial charge in [0.2, 0.25) is 0 Å². The lowest BCUT2D eigenvalue weighted by Crippen LogP contribution is -2.26. The summed E-state index contributed by atoms with van der Waals surface area (Å²) in [6.45, 7) is 9.64. The van der Waals surface area contributed by atoms with Crippen LogP contribution in [0.2, 0.25) is 0 Å². The van der Waals surface area contributed by atoms with Gasteiger partial charge >= 0.3 is 0 Å². The highest BCUT2D eigenvalue weighted by Crippen LogP contribution is 2.54. The van der Waals surface area contributed by atoms with Gasteiger partial charge in [-0.15, -0.1) is 0 Å². The van der Waals surface area contributed by atoms with Crippen LogP contribution < -0.4 is 0 Å². The third-order valence-corrected chi connectivity index (χ3v) is 19.1. The zero-order chi connectivity index (χ0) is 54.3. The molecule has 1 aliphatic carbocycles.